The third kappa shape index (κ3) is 36.0. The predicted molar refractivity (Wildman–Crippen MR) is 65.1 cm³/mol. The molecule has 8 nitrogen and oxygen atoms in total. The largest absolute Gasteiger partial charge is 0.477 e. The van der Waals surface area contributed by atoms with Crippen LogP contribution in [0.2, 0.25) is 0 Å². The van der Waals surface area contributed by atoms with Crippen molar-refractivity contribution >= 4 is 33.3 Å². The van der Waals surface area contributed by atoms with Crippen LogP contribution in [-0.2, 0) is 25.9 Å². The van der Waals surface area contributed by atoms with Gasteiger partial charge in [-0.3, -0.25) is 0 Å². The van der Waals surface area contributed by atoms with Gasteiger partial charge in [0.15, 0.2) is 0 Å². The van der Waals surface area contributed by atoms with Gasteiger partial charge in [-0.15, -0.1) is 5.10 Å². The maximum Gasteiger partial charge on any atom is 0.476 e. The molecule has 1 rings (SSSR count). The Morgan fingerprint density at radius 2 is 1.35 bits per heavy atom. The van der Waals surface area contributed by atoms with Gasteiger partial charge >= 0.3 is 27.1 Å². The molecule has 0 saturated heterocycles. The zero-order valence-corrected chi connectivity index (χ0v) is 11.1. The number of rotatable bonds is 2. The van der Waals surface area contributed by atoms with Gasteiger partial charge in [0.1, 0.15) is 6.21 Å². The Morgan fingerprint density at radius 1 is 1.05 bits per heavy atom. The summed E-state index contributed by atoms with van der Waals surface area (Å²) in [6.07, 6.45) is 0.371. The Morgan fingerprint density at radius 3 is 1.55 bits per heavy atom. The van der Waals surface area contributed by atoms with E-state index in [1.54, 1.807) is 0 Å². The van der Waals surface area contributed by atoms with Crippen molar-refractivity contribution in [3.8, 4) is 0 Å². The van der Waals surface area contributed by atoms with E-state index in [4.69, 9.17) is 13.5 Å². The summed E-state index contributed by atoms with van der Waals surface area (Å²) >= 11 is 0. The van der Waals surface area contributed by atoms with E-state index in [0.29, 0.717) is 6.21 Å². The molecule has 0 aliphatic carbocycles. The molecule has 0 heterocycles. The minimum absolute atomic E-state index is 0.371. The summed E-state index contributed by atoms with van der Waals surface area (Å²) in [5, 5.41) is 10.5. The van der Waals surface area contributed by atoms with E-state index in [1.165, 1.54) is 0 Å². The molecule has 0 aliphatic heterocycles. The summed E-state index contributed by atoms with van der Waals surface area (Å²) in [5.41, 5.74) is 0. The molecule has 12 heteroatoms. The maximum atomic E-state index is 9.99. The number of hydrogen-bond acceptors (Lipinski definition) is 6. The van der Waals surface area contributed by atoms with E-state index in [1.807, 2.05) is 36.4 Å². The lowest BCUT2D eigenvalue weighted by molar-refractivity contribution is -0.128. The van der Waals surface area contributed by atoms with Crippen LogP contribution in [-0.4, -0.2) is 34.1 Å². The van der Waals surface area contributed by atoms with Gasteiger partial charge in [0.2, 0.25) is 0 Å². The van der Waals surface area contributed by atoms with E-state index in [9.17, 15) is 21.0 Å². The Labute approximate surface area is 114 Å². The average molecular weight is 330 g/mol. The summed E-state index contributed by atoms with van der Waals surface area (Å²) in [6.45, 7) is 0. The summed E-state index contributed by atoms with van der Waals surface area (Å²) in [4.78, 5) is 9.57. The molecule has 0 aliphatic rings. The third-order valence-electron chi connectivity index (χ3n) is 0.949. The first-order chi connectivity index (χ1) is 9.13. The number of carboxylic acids is 1. The Kier molecular flexibility index (Phi) is 11.9. The molecule has 0 unspecified atom stereocenters. The minimum atomic E-state index is -5.67. The number of hydrogen-bond donors (Lipinski definition) is 1. The number of halogens is 2. The molecule has 0 amide bonds. The SMILES string of the molecule is O=C(O)C=NN=S(=O)=O.O=S(=O)(F)F.c1ccccc1. The van der Waals surface area contributed by atoms with Crippen LogP contribution in [0.4, 0.5) is 7.77 Å². The molecular formula is C8H8F2N2O6S2. The van der Waals surface area contributed by atoms with Crippen molar-refractivity contribution in [2.75, 3.05) is 0 Å². The fourth-order valence-corrected chi connectivity index (χ4v) is 0.620. The molecule has 20 heavy (non-hydrogen) atoms. The second-order valence-electron chi connectivity index (χ2n) is 2.41. The third-order valence-corrected chi connectivity index (χ3v) is 1.18. The van der Waals surface area contributed by atoms with Crippen molar-refractivity contribution in [3.63, 3.8) is 0 Å². The fourth-order valence-electron chi connectivity index (χ4n) is 0.496. The van der Waals surface area contributed by atoms with Crippen LogP contribution in [0.15, 0.2) is 46.0 Å². The number of carboxylic acid groups (broad SMARTS) is 1. The highest BCUT2D eigenvalue weighted by Gasteiger charge is 1.94. The van der Waals surface area contributed by atoms with E-state index < -0.39 is 27.1 Å². The first-order valence-electron chi connectivity index (χ1n) is 4.33. The van der Waals surface area contributed by atoms with Crippen LogP contribution in [0.25, 0.3) is 0 Å². The monoisotopic (exact) mass is 330 g/mol. The van der Waals surface area contributed by atoms with E-state index in [2.05, 4.69) is 9.57 Å². The highest BCUT2D eigenvalue weighted by atomic mass is 32.3. The molecule has 0 atom stereocenters. The quantitative estimate of drug-likeness (QED) is 0.488. The van der Waals surface area contributed by atoms with Crippen LogP contribution in [0.5, 0.6) is 0 Å². The maximum absolute atomic E-state index is 9.99. The van der Waals surface area contributed by atoms with E-state index in [0.717, 1.165) is 0 Å². The molecule has 0 saturated carbocycles. The Hall–Kier alpha value is -2.21. The molecule has 112 valence electrons. The first kappa shape index (κ1) is 20.1. The molecule has 1 N–H and O–H groups in total. The van der Waals surface area contributed by atoms with Crippen LogP contribution in [0, 0.1) is 0 Å². The van der Waals surface area contributed by atoms with Gasteiger partial charge in [-0.2, -0.15) is 16.8 Å². The summed E-state index contributed by atoms with van der Waals surface area (Å²) in [7, 11) is -8.33. The smallest absolute Gasteiger partial charge is 0.476 e. The van der Waals surface area contributed by atoms with Gasteiger partial charge in [0, 0.05) is 0 Å². The lowest BCUT2D eigenvalue weighted by Gasteiger charge is -1.69. The van der Waals surface area contributed by atoms with Gasteiger partial charge in [0.25, 0.3) is 0 Å². The van der Waals surface area contributed by atoms with Crippen molar-refractivity contribution in [3.05, 3.63) is 36.4 Å². The first-order valence-corrected chi connectivity index (χ1v) is 6.65. The number of nitrogens with zero attached hydrogens (tertiary/aromatic N) is 2. The second kappa shape index (κ2) is 11.9. The van der Waals surface area contributed by atoms with Crippen LogP contribution in [0.1, 0.15) is 0 Å². The van der Waals surface area contributed by atoms with Gasteiger partial charge in [-0.05, 0) is 4.47 Å². The molecule has 0 bridgehead atoms. The summed E-state index contributed by atoms with van der Waals surface area (Å²) < 4.78 is 58.1. The number of carbonyl (C=O) groups is 1. The van der Waals surface area contributed by atoms with Crippen molar-refractivity contribution in [1.29, 1.82) is 0 Å². The minimum Gasteiger partial charge on any atom is -0.477 e. The second-order valence-corrected chi connectivity index (χ2v) is 3.77. The number of aliphatic carboxylic acids is 1. The summed E-state index contributed by atoms with van der Waals surface area (Å²) in [5.74, 6) is -1.34. The van der Waals surface area contributed by atoms with Crippen LogP contribution >= 0.6 is 0 Å². The van der Waals surface area contributed by atoms with Crippen molar-refractivity contribution in [2.45, 2.75) is 0 Å². The standard InChI is InChI=1S/C6H6.C2H2N2O4S.F2O2S/c1-2-4-6-5-3-1;5-2(6)1-3-4-9(7)8;1-5(2,3)4/h1-6H;1H,(H,5,6);. The van der Waals surface area contributed by atoms with Gasteiger partial charge < -0.3 is 5.11 Å². The predicted octanol–water partition coefficient (Wildman–Crippen LogP) is 0.976. The van der Waals surface area contributed by atoms with Gasteiger partial charge in [-0.25, -0.2) is 4.79 Å². The molecular weight excluding hydrogens is 322 g/mol. The van der Waals surface area contributed by atoms with Crippen molar-refractivity contribution in [2.24, 2.45) is 9.57 Å². The highest BCUT2D eigenvalue weighted by Crippen LogP contribution is 1.85. The van der Waals surface area contributed by atoms with Gasteiger partial charge in [0.05, 0.1) is 0 Å². The zero-order chi connectivity index (χ0) is 16.0. The lowest BCUT2D eigenvalue weighted by atomic mass is 10.4. The lowest BCUT2D eigenvalue weighted by Crippen LogP contribution is -1.93. The van der Waals surface area contributed by atoms with Crippen molar-refractivity contribution < 1.29 is 34.5 Å². The Balaban J connectivity index is 0. The van der Waals surface area contributed by atoms with E-state index in [-0.39, 0.29) is 0 Å². The topological polar surface area (TPSA) is 130 Å². The average Bonchev–Trinajstić information content (AvgIpc) is 2.29. The van der Waals surface area contributed by atoms with Crippen molar-refractivity contribution in [1.82, 2.24) is 0 Å². The number of benzene rings is 1. The van der Waals surface area contributed by atoms with Crippen LogP contribution < -0.4 is 0 Å². The molecule has 1 aromatic rings. The van der Waals surface area contributed by atoms with E-state index >= 15 is 0 Å². The molecule has 0 radical (unpaired) electrons. The molecule has 0 fully saturated rings. The fraction of sp³-hybridized carbons (Fsp3) is 0. The van der Waals surface area contributed by atoms with Crippen LogP contribution in [0.3, 0.4) is 0 Å². The molecule has 1 aromatic carbocycles. The molecule has 0 spiro atoms. The zero-order valence-electron chi connectivity index (χ0n) is 9.50. The summed E-state index contributed by atoms with van der Waals surface area (Å²) in [6, 6.07) is 12.0. The highest BCUT2D eigenvalue weighted by molar-refractivity contribution is 7.81. The Bertz CT molecular complexity index is 600. The van der Waals surface area contributed by atoms with Gasteiger partial charge in [-0.1, -0.05) is 44.2 Å². The normalized spacial score (nSPS) is 9.50. The molecule has 0 aromatic heterocycles.